The van der Waals surface area contributed by atoms with Crippen molar-refractivity contribution in [2.75, 3.05) is 6.61 Å². The molecule has 1 heterocycles. The Morgan fingerprint density at radius 2 is 1.79 bits per heavy atom. The summed E-state index contributed by atoms with van der Waals surface area (Å²) in [5.74, 6) is -0.432. The third-order valence-corrected chi connectivity index (χ3v) is 6.97. The van der Waals surface area contributed by atoms with Crippen molar-refractivity contribution < 1.29 is 17.9 Å². The van der Waals surface area contributed by atoms with Crippen molar-refractivity contribution in [3.05, 3.63) is 63.8 Å². The number of hydrogen-bond donors (Lipinski definition) is 0. The van der Waals surface area contributed by atoms with Crippen LogP contribution in [0.3, 0.4) is 0 Å². The van der Waals surface area contributed by atoms with Gasteiger partial charge in [0, 0.05) is 9.86 Å². The Morgan fingerprint density at radius 1 is 1.14 bits per heavy atom. The van der Waals surface area contributed by atoms with Crippen LogP contribution in [0.4, 0.5) is 0 Å². The third-order valence-electron chi connectivity index (χ3n) is 4.54. The molecule has 0 saturated carbocycles. The minimum Gasteiger partial charge on any atom is -0.461 e. The Hall–Kier alpha value is -2.12. The van der Waals surface area contributed by atoms with E-state index in [0.29, 0.717) is 10.9 Å². The van der Waals surface area contributed by atoms with E-state index in [1.165, 1.54) is 0 Å². The van der Waals surface area contributed by atoms with Crippen molar-refractivity contribution >= 4 is 42.8 Å². The van der Waals surface area contributed by atoms with Gasteiger partial charge in [0.2, 0.25) is 0 Å². The summed E-state index contributed by atoms with van der Waals surface area (Å²) in [4.78, 5) is 12.7. The van der Waals surface area contributed by atoms with Crippen LogP contribution in [0.25, 0.3) is 10.9 Å². The molecule has 0 fully saturated rings. The molecule has 0 amide bonds. The molecule has 0 unspecified atom stereocenters. The van der Waals surface area contributed by atoms with Gasteiger partial charge in [0.15, 0.2) is 0 Å². The first-order chi connectivity index (χ1) is 13.2. The van der Waals surface area contributed by atoms with Crippen LogP contribution in [0, 0.1) is 6.92 Å². The molecule has 0 saturated heterocycles. The number of fused-ring (bicyclic) bond motifs is 1. The van der Waals surface area contributed by atoms with E-state index in [2.05, 4.69) is 29.8 Å². The average molecular weight is 464 g/mol. The van der Waals surface area contributed by atoms with Gasteiger partial charge in [0.1, 0.15) is 5.69 Å². The first-order valence-corrected chi connectivity index (χ1v) is 11.2. The van der Waals surface area contributed by atoms with E-state index >= 15 is 0 Å². The number of nitrogens with zero attached hydrogens (tertiary/aromatic N) is 1. The minimum absolute atomic E-state index is 0.00905. The second-order valence-electron chi connectivity index (χ2n) is 6.92. The normalized spacial score (nSPS) is 11.9. The number of esters is 1. The van der Waals surface area contributed by atoms with Crippen LogP contribution in [0.5, 0.6) is 0 Å². The zero-order valence-corrected chi connectivity index (χ0v) is 18.6. The van der Waals surface area contributed by atoms with Gasteiger partial charge in [-0.3, -0.25) is 0 Å². The molecule has 3 rings (SSSR count). The third kappa shape index (κ3) is 3.61. The van der Waals surface area contributed by atoms with E-state index in [1.807, 2.05) is 13.0 Å². The molecule has 2 aromatic carbocycles. The zero-order valence-electron chi connectivity index (χ0n) is 16.2. The first kappa shape index (κ1) is 20.6. The van der Waals surface area contributed by atoms with Gasteiger partial charge < -0.3 is 4.74 Å². The maximum Gasteiger partial charge on any atom is 0.356 e. The number of aryl methyl sites for hydroxylation is 1. The van der Waals surface area contributed by atoms with Gasteiger partial charge in [-0.2, -0.15) is 0 Å². The lowest BCUT2D eigenvalue weighted by Crippen LogP contribution is -2.19. The van der Waals surface area contributed by atoms with Crippen LogP contribution in [-0.4, -0.2) is 25.0 Å². The maximum atomic E-state index is 13.4. The predicted octanol–water partition coefficient (Wildman–Crippen LogP) is 5.25. The molecule has 148 valence electrons. The lowest BCUT2D eigenvalue weighted by Gasteiger charge is -2.13. The number of carbonyl (C=O) groups excluding carboxylic acids is 1. The standard InChI is InChI=1S/C21H22BrNO4S/c1-5-27-21(24)20-11-15-10-17(13(2)3)18(22)12-19(15)23(20)28(25,26)16-8-6-14(4)7-9-16/h6-13H,5H2,1-4H3. The van der Waals surface area contributed by atoms with E-state index in [0.717, 1.165) is 19.6 Å². The predicted molar refractivity (Wildman–Crippen MR) is 113 cm³/mol. The summed E-state index contributed by atoms with van der Waals surface area (Å²) in [6.45, 7) is 7.84. The fourth-order valence-corrected chi connectivity index (χ4v) is 5.37. The Morgan fingerprint density at radius 3 is 2.36 bits per heavy atom. The molecule has 1 aromatic heterocycles. The van der Waals surface area contributed by atoms with E-state index < -0.39 is 16.0 Å². The average Bonchev–Trinajstić information content (AvgIpc) is 3.00. The molecule has 0 atom stereocenters. The van der Waals surface area contributed by atoms with Crippen LogP contribution in [0.1, 0.15) is 48.3 Å². The SMILES string of the molecule is CCOC(=O)c1cc2cc(C(C)C)c(Br)cc2n1S(=O)(=O)c1ccc(C)cc1. The molecule has 7 heteroatoms. The number of aromatic nitrogens is 1. The van der Waals surface area contributed by atoms with Crippen molar-refractivity contribution in [2.45, 2.75) is 38.5 Å². The van der Waals surface area contributed by atoms with Crippen LogP contribution in [0.2, 0.25) is 0 Å². The highest BCUT2D eigenvalue weighted by molar-refractivity contribution is 9.10. The smallest absolute Gasteiger partial charge is 0.356 e. The summed E-state index contributed by atoms with van der Waals surface area (Å²) in [5.41, 5.74) is 2.41. The highest BCUT2D eigenvalue weighted by Crippen LogP contribution is 2.33. The molecule has 0 spiro atoms. The molecule has 5 nitrogen and oxygen atoms in total. The van der Waals surface area contributed by atoms with Crippen molar-refractivity contribution in [1.29, 1.82) is 0 Å². The van der Waals surface area contributed by atoms with E-state index in [4.69, 9.17) is 4.74 Å². The number of hydrogen-bond acceptors (Lipinski definition) is 4. The van der Waals surface area contributed by atoms with E-state index in [-0.39, 0.29) is 23.1 Å². The van der Waals surface area contributed by atoms with Crippen LogP contribution in [-0.2, 0) is 14.8 Å². The van der Waals surface area contributed by atoms with Gasteiger partial charge in [0.05, 0.1) is 17.0 Å². The summed E-state index contributed by atoms with van der Waals surface area (Å²) in [6.07, 6.45) is 0. The Labute approximate surface area is 173 Å². The summed E-state index contributed by atoms with van der Waals surface area (Å²) in [5, 5.41) is 0.672. The minimum atomic E-state index is -3.99. The van der Waals surface area contributed by atoms with Crippen LogP contribution in [0.15, 0.2) is 51.8 Å². The molecule has 3 aromatic rings. The molecule has 0 aliphatic rings. The molecule has 28 heavy (non-hydrogen) atoms. The Bertz CT molecular complexity index is 1150. The summed E-state index contributed by atoms with van der Waals surface area (Å²) in [7, 11) is -3.99. The fourth-order valence-electron chi connectivity index (χ4n) is 3.09. The van der Waals surface area contributed by atoms with E-state index in [9.17, 15) is 13.2 Å². The zero-order chi connectivity index (χ0) is 20.6. The monoisotopic (exact) mass is 463 g/mol. The van der Waals surface area contributed by atoms with Gasteiger partial charge in [-0.15, -0.1) is 0 Å². The van der Waals surface area contributed by atoms with Crippen molar-refractivity contribution in [3.63, 3.8) is 0 Å². The summed E-state index contributed by atoms with van der Waals surface area (Å²) < 4.78 is 33.8. The molecule has 0 N–H and O–H groups in total. The lowest BCUT2D eigenvalue weighted by molar-refractivity contribution is 0.0518. The van der Waals surface area contributed by atoms with Gasteiger partial charge in [-0.1, -0.05) is 47.5 Å². The largest absolute Gasteiger partial charge is 0.461 e. The van der Waals surface area contributed by atoms with Gasteiger partial charge in [0.25, 0.3) is 10.0 Å². The van der Waals surface area contributed by atoms with Gasteiger partial charge in [-0.05, 0) is 55.7 Å². The second-order valence-corrected chi connectivity index (χ2v) is 9.56. The molecule has 0 bridgehead atoms. The van der Waals surface area contributed by atoms with Crippen molar-refractivity contribution in [3.8, 4) is 0 Å². The molecular formula is C21H22BrNO4S. The van der Waals surface area contributed by atoms with Crippen LogP contribution >= 0.6 is 15.9 Å². The number of carbonyl (C=O) groups is 1. The fraction of sp³-hybridized carbons (Fsp3) is 0.286. The van der Waals surface area contributed by atoms with E-state index in [1.54, 1.807) is 43.3 Å². The van der Waals surface area contributed by atoms with Gasteiger partial charge in [-0.25, -0.2) is 17.2 Å². The molecule has 0 aliphatic heterocycles. The van der Waals surface area contributed by atoms with Crippen molar-refractivity contribution in [2.24, 2.45) is 0 Å². The number of ether oxygens (including phenoxy) is 1. The number of rotatable bonds is 5. The lowest BCUT2D eigenvalue weighted by atomic mass is 10.0. The number of benzene rings is 2. The molecule has 0 radical (unpaired) electrons. The molecule has 0 aliphatic carbocycles. The molecular weight excluding hydrogens is 442 g/mol. The Kier molecular flexibility index (Phi) is 5.68. The van der Waals surface area contributed by atoms with Crippen molar-refractivity contribution in [1.82, 2.24) is 3.97 Å². The van der Waals surface area contributed by atoms with Crippen LogP contribution < -0.4 is 0 Å². The highest BCUT2D eigenvalue weighted by Gasteiger charge is 2.28. The Balaban J connectivity index is 2.35. The summed E-state index contributed by atoms with van der Waals surface area (Å²) in [6, 6.07) is 11.8. The highest BCUT2D eigenvalue weighted by atomic mass is 79.9. The first-order valence-electron chi connectivity index (χ1n) is 9.01. The quantitative estimate of drug-likeness (QED) is 0.484. The van der Waals surface area contributed by atoms with Gasteiger partial charge >= 0.3 is 5.97 Å². The number of halogens is 1. The summed E-state index contributed by atoms with van der Waals surface area (Å²) >= 11 is 3.54. The second kappa shape index (κ2) is 7.72. The maximum absolute atomic E-state index is 13.4. The topological polar surface area (TPSA) is 65.4 Å².